The molecule has 0 amide bonds. The van der Waals surface area contributed by atoms with Gasteiger partial charge in [0.2, 0.25) is 0 Å². The molecule has 0 fully saturated rings. The largest absolute Gasteiger partial charge is 0.416 e. The van der Waals surface area contributed by atoms with E-state index in [0.717, 1.165) is 0 Å². The van der Waals surface area contributed by atoms with Crippen LogP contribution in [-0.2, 0) is 0 Å². The van der Waals surface area contributed by atoms with E-state index in [1.807, 2.05) is 0 Å². The lowest BCUT2D eigenvalue weighted by Gasteiger charge is -2.25. The summed E-state index contributed by atoms with van der Waals surface area (Å²) in [6.45, 7) is -0.200. The first-order chi connectivity index (χ1) is 4.81. The minimum absolute atomic E-state index is 0.271. The zero-order valence-electron chi connectivity index (χ0n) is 6.08. The van der Waals surface area contributed by atoms with Gasteiger partial charge in [0.15, 0.2) is 5.60 Å². The fourth-order valence-electron chi connectivity index (χ4n) is 0.553. The highest BCUT2D eigenvalue weighted by molar-refractivity contribution is 4.80. The first kappa shape index (κ1) is 10.7. The van der Waals surface area contributed by atoms with Gasteiger partial charge in [-0.2, -0.15) is 13.2 Å². The lowest BCUT2D eigenvalue weighted by molar-refractivity contribution is -0.255. The molecule has 0 rings (SSSR count). The van der Waals surface area contributed by atoms with Crippen molar-refractivity contribution in [2.24, 2.45) is 0 Å². The Morgan fingerprint density at radius 2 is 1.73 bits per heavy atom. The van der Waals surface area contributed by atoms with E-state index in [1.54, 1.807) is 0 Å². The second-order valence-electron chi connectivity index (χ2n) is 2.56. The van der Waals surface area contributed by atoms with Gasteiger partial charge in [-0.1, -0.05) is 0 Å². The summed E-state index contributed by atoms with van der Waals surface area (Å²) in [7, 11) is 0. The normalized spacial score (nSPS) is 18.0. The van der Waals surface area contributed by atoms with E-state index in [4.69, 9.17) is 5.11 Å². The van der Waals surface area contributed by atoms with E-state index in [-0.39, 0.29) is 6.42 Å². The quantitative estimate of drug-likeness (QED) is 0.649. The summed E-state index contributed by atoms with van der Waals surface area (Å²) in [6, 6.07) is 0. The van der Waals surface area contributed by atoms with Crippen LogP contribution in [-0.4, -0.2) is 23.6 Å². The predicted molar refractivity (Wildman–Crippen MR) is 31.9 cm³/mol. The highest BCUT2D eigenvalue weighted by Crippen LogP contribution is 2.33. The number of hydrogen-bond donors (Lipinski definition) is 1. The van der Waals surface area contributed by atoms with Crippen LogP contribution in [0.4, 0.5) is 17.6 Å². The molecule has 0 radical (unpaired) electrons. The number of alkyl halides is 4. The highest BCUT2D eigenvalue weighted by Gasteiger charge is 2.48. The second kappa shape index (κ2) is 3.38. The molecule has 5 heteroatoms. The van der Waals surface area contributed by atoms with Crippen LogP contribution in [0.5, 0.6) is 0 Å². The average Bonchev–Trinajstić information content (AvgIpc) is 1.81. The van der Waals surface area contributed by atoms with Gasteiger partial charge in [-0.3, -0.25) is 4.39 Å². The summed E-state index contributed by atoms with van der Waals surface area (Å²) >= 11 is 0. The van der Waals surface area contributed by atoms with Crippen molar-refractivity contribution in [1.29, 1.82) is 0 Å². The average molecular weight is 174 g/mol. The smallest absolute Gasteiger partial charge is 0.381 e. The zero-order chi connectivity index (χ0) is 9.12. The maximum atomic E-state index is 11.8. The van der Waals surface area contributed by atoms with Crippen molar-refractivity contribution in [2.45, 2.75) is 31.5 Å². The third-order valence-corrected chi connectivity index (χ3v) is 1.41. The van der Waals surface area contributed by atoms with Crippen LogP contribution in [0.15, 0.2) is 0 Å². The van der Waals surface area contributed by atoms with E-state index in [0.29, 0.717) is 6.92 Å². The standard InChI is InChI=1S/C6H10F4O/c1-5(11,3-2-4-7)6(8,9)10/h11H,2-4H2,1H3. The van der Waals surface area contributed by atoms with Crippen molar-refractivity contribution in [1.82, 2.24) is 0 Å². The van der Waals surface area contributed by atoms with Crippen LogP contribution < -0.4 is 0 Å². The Hall–Kier alpha value is -0.320. The molecule has 11 heavy (non-hydrogen) atoms. The lowest BCUT2D eigenvalue weighted by atomic mass is 10.0. The number of halogens is 4. The summed E-state index contributed by atoms with van der Waals surface area (Å²) in [5, 5.41) is 8.69. The zero-order valence-corrected chi connectivity index (χ0v) is 6.08. The van der Waals surface area contributed by atoms with Crippen molar-refractivity contribution in [3.63, 3.8) is 0 Å². The molecule has 0 aliphatic heterocycles. The third kappa shape index (κ3) is 3.05. The maximum absolute atomic E-state index is 11.8. The summed E-state index contributed by atoms with van der Waals surface area (Å²) < 4.78 is 46.8. The monoisotopic (exact) mass is 174 g/mol. The van der Waals surface area contributed by atoms with Gasteiger partial charge >= 0.3 is 6.18 Å². The molecule has 1 unspecified atom stereocenters. The number of aliphatic hydroxyl groups is 1. The third-order valence-electron chi connectivity index (χ3n) is 1.41. The van der Waals surface area contributed by atoms with Gasteiger partial charge in [0, 0.05) is 0 Å². The number of hydrogen-bond acceptors (Lipinski definition) is 1. The molecule has 0 bridgehead atoms. The molecule has 0 heterocycles. The Bertz CT molecular complexity index is 118. The van der Waals surface area contributed by atoms with Crippen LogP contribution >= 0.6 is 0 Å². The highest BCUT2D eigenvalue weighted by atomic mass is 19.4. The molecular weight excluding hydrogens is 164 g/mol. The van der Waals surface area contributed by atoms with Gasteiger partial charge < -0.3 is 5.11 Å². The van der Waals surface area contributed by atoms with E-state index in [2.05, 4.69) is 0 Å². The fourth-order valence-corrected chi connectivity index (χ4v) is 0.553. The minimum Gasteiger partial charge on any atom is -0.381 e. The van der Waals surface area contributed by atoms with E-state index < -0.39 is 24.9 Å². The lowest BCUT2D eigenvalue weighted by Crippen LogP contribution is -2.42. The first-order valence-corrected chi connectivity index (χ1v) is 3.16. The first-order valence-electron chi connectivity index (χ1n) is 3.16. The molecule has 0 aliphatic carbocycles. The summed E-state index contributed by atoms with van der Waals surface area (Å²) in [5.74, 6) is 0. The van der Waals surface area contributed by atoms with E-state index in [1.165, 1.54) is 0 Å². The molecule has 0 aromatic carbocycles. The van der Waals surface area contributed by atoms with Crippen molar-refractivity contribution < 1.29 is 22.7 Å². The summed E-state index contributed by atoms with van der Waals surface area (Å²) in [4.78, 5) is 0. The Morgan fingerprint density at radius 3 is 2.00 bits per heavy atom. The molecule has 1 N–H and O–H groups in total. The van der Waals surface area contributed by atoms with E-state index in [9.17, 15) is 17.6 Å². The Labute approximate surface area is 62.0 Å². The fraction of sp³-hybridized carbons (Fsp3) is 1.00. The van der Waals surface area contributed by atoms with Crippen molar-refractivity contribution in [2.75, 3.05) is 6.67 Å². The minimum atomic E-state index is -4.66. The van der Waals surface area contributed by atoms with Gasteiger partial charge in [-0.15, -0.1) is 0 Å². The molecule has 0 saturated carbocycles. The Morgan fingerprint density at radius 1 is 1.27 bits per heavy atom. The van der Waals surface area contributed by atoms with Gasteiger partial charge in [-0.05, 0) is 19.8 Å². The van der Waals surface area contributed by atoms with Gasteiger partial charge in [-0.25, -0.2) is 0 Å². The van der Waals surface area contributed by atoms with Crippen LogP contribution in [0.1, 0.15) is 19.8 Å². The van der Waals surface area contributed by atoms with Crippen LogP contribution in [0.25, 0.3) is 0 Å². The van der Waals surface area contributed by atoms with Gasteiger partial charge in [0.25, 0.3) is 0 Å². The predicted octanol–water partition coefficient (Wildman–Crippen LogP) is 2.05. The van der Waals surface area contributed by atoms with Crippen LogP contribution in [0.2, 0.25) is 0 Å². The molecule has 0 aromatic heterocycles. The van der Waals surface area contributed by atoms with Crippen molar-refractivity contribution in [3.05, 3.63) is 0 Å². The molecule has 1 nitrogen and oxygen atoms in total. The Balaban J connectivity index is 4.00. The molecule has 0 aromatic rings. The van der Waals surface area contributed by atoms with Gasteiger partial charge in [0.05, 0.1) is 6.67 Å². The van der Waals surface area contributed by atoms with Gasteiger partial charge in [0.1, 0.15) is 0 Å². The van der Waals surface area contributed by atoms with Crippen LogP contribution in [0, 0.1) is 0 Å². The summed E-state index contributed by atoms with van der Waals surface area (Å²) in [5.41, 5.74) is -2.75. The second-order valence-corrected chi connectivity index (χ2v) is 2.56. The van der Waals surface area contributed by atoms with Crippen molar-refractivity contribution >= 4 is 0 Å². The SMILES string of the molecule is CC(O)(CCCF)C(F)(F)F. The number of rotatable bonds is 3. The molecule has 0 saturated heterocycles. The Kier molecular flexibility index (Phi) is 3.29. The molecule has 68 valence electrons. The molecule has 1 atom stereocenters. The van der Waals surface area contributed by atoms with Crippen LogP contribution in [0.3, 0.4) is 0 Å². The molecular formula is C6H10F4O. The maximum Gasteiger partial charge on any atom is 0.416 e. The summed E-state index contributed by atoms with van der Waals surface area (Å²) in [6.07, 6.45) is -5.53. The topological polar surface area (TPSA) is 20.2 Å². The van der Waals surface area contributed by atoms with Crippen molar-refractivity contribution in [3.8, 4) is 0 Å². The van der Waals surface area contributed by atoms with E-state index >= 15 is 0 Å². The molecule has 0 aliphatic rings. The molecule has 0 spiro atoms.